The molecule has 0 atom stereocenters. The van der Waals surface area contributed by atoms with Crippen molar-refractivity contribution in [3.63, 3.8) is 0 Å². The molecule has 94 valence electrons. The van der Waals surface area contributed by atoms with Crippen molar-refractivity contribution < 1.29 is 0 Å². The molecule has 0 spiro atoms. The predicted molar refractivity (Wildman–Crippen MR) is 74.3 cm³/mol. The van der Waals surface area contributed by atoms with E-state index in [9.17, 15) is 0 Å². The smallest absolute Gasteiger partial charge is 0.107 e. The Morgan fingerprint density at radius 3 is 2.67 bits per heavy atom. The number of rotatable bonds is 4. The van der Waals surface area contributed by atoms with Crippen molar-refractivity contribution in [2.75, 3.05) is 7.05 Å². The summed E-state index contributed by atoms with van der Waals surface area (Å²) >= 11 is 1.74. The molecule has 4 heteroatoms. The number of fused-ring (bicyclic) bond motifs is 1. The molecule has 3 rings (SSSR count). The van der Waals surface area contributed by atoms with Gasteiger partial charge < -0.3 is 5.32 Å². The predicted octanol–water partition coefficient (Wildman–Crippen LogP) is 2.38. The molecule has 3 nitrogen and oxygen atoms in total. The number of nitrogens with zero attached hydrogens (tertiary/aromatic N) is 2. The van der Waals surface area contributed by atoms with E-state index in [-0.39, 0.29) is 0 Å². The van der Waals surface area contributed by atoms with Crippen LogP contribution in [0.1, 0.15) is 21.8 Å². The molecule has 0 amide bonds. The van der Waals surface area contributed by atoms with Gasteiger partial charge in [-0.25, -0.2) is 4.98 Å². The average Bonchev–Trinajstić information content (AvgIpc) is 2.96. The van der Waals surface area contributed by atoms with E-state index in [4.69, 9.17) is 0 Å². The molecule has 1 N–H and O–H groups in total. The fourth-order valence-electron chi connectivity index (χ4n) is 2.40. The average molecular weight is 259 g/mol. The molecule has 0 saturated heterocycles. The fraction of sp³-hybridized carbons (Fsp3) is 0.357. The van der Waals surface area contributed by atoms with Crippen molar-refractivity contribution in [3.05, 3.63) is 51.5 Å². The van der Waals surface area contributed by atoms with Gasteiger partial charge in [-0.2, -0.15) is 0 Å². The third-order valence-electron chi connectivity index (χ3n) is 3.22. The fourth-order valence-corrected chi connectivity index (χ4v) is 3.20. The minimum atomic E-state index is 0.866. The summed E-state index contributed by atoms with van der Waals surface area (Å²) in [6, 6.07) is 8.69. The Kier molecular flexibility index (Phi) is 3.41. The van der Waals surface area contributed by atoms with Crippen molar-refractivity contribution in [1.29, 1.82) is 0 Å². The first-order valence-electron chi connectivity index (χ1n) is 6.22. The summed E-state index contributed by atoms with van der Waals surface area (Å²) in [4.78, 5) is 7.09. The summed E-state index contributed by atoms with van der Waals surface area (Å²) in [5.41, 5.74) is 4.12. The van der Waals surface area contributed by atoms with Crippen LogP contribution in [0.4, 0.5) is 0 Å². The van der Waals surface area contributed by atoms with Crippen LogP contribution < -0.4 is 5.32 Å². The van der Waals surface area contributed by atoms with E-state index in [1.807, 2.05) is 7.05 Å². The minimum absolute atomic E-state index is 0.866. The number of aromatic nitrogens is 1. The van der Waals surface area contributed by atoms with Crippen LogP contribution in [0, 0.1) is 0 Å². The Morgan fingerprint density at radius 2 is 2.00 bits per heavy atom. The lowest BCUT2D eigenvalue weighted by atomic mass is 10.1. The second-order valence-corrected chi connectivity index (χ2v) is 5.62. The van der Waals surface area contributed by atoms with E-state index in [0.29, 0.717) is 0 Å². The van der Waals surface area contributed by atoms with Gasteiger partial charge in [0.25, 0.3) is 0 Å². The molecule has 1 aromatic heterocycles. The normalized spacial score (nSPS) is 14.9. The summed E-state index contributed by atoms with van der Waals surface area (Å²) in [5.74, 6) is 0. The zero-order valence-corrected chi connectivity index (χ0v) is 11.3. The monoisotopic (exact) mass is 259 g/mol. The summed E-state index contributed by atoms with van der Waals surface area (Å²) in [7, 11) is 1.96. The molecule has 0 aliphatic carbocycles. The van der Waals surface area contributed by atoms with Gasteiger partial charge in [-0.05, 0) is 18.2 Å². The van der Waals surface area contributed by atoms with Gasteiger partial charge in [0.2, 0.25) is 0 Å². The van der Waals surface area contributed by atoms with E-state index >= 15 is 0 Å². The van der Waals surface area contributed by atoms with Crippen LogP contribution in [-0.2, 0) is 26.2 Å². The van der Waals surface area contributed by atoms with Gasteiger partial charge in [-0.3, -0.25) is 4.90 Å². The lowest BCUT2D eigenvalue weighted by Gasteiger charge is -2.12. The maximum absolute atomic E-state index is 4.64. The highest BCUT2D eigenvalue weighted by molar-refractivity contribution is 7.09. The van der Waals surface area contributed by atoms with E-state index in [0.717, 1.165) is 26.2 Å². The number of thiazole rings is 1. The Bertz CT molecular complexity index is 510. The number of hydrogen-bond acceptors (Lipinski definition) is 4. The van der Waals surface area contributed by atoms with Gasteiger partial charge in [0.1, 0.15) is 5.01 Å². The van der Waals surface area contributed by atoms with Crippen molar-refractivity contribution in [1.82, 2.24) is 15.2 Å². The van der Waals surface area contributed by atoms with Crippen LogP contribution in [0.25, 0.3) is 0 Å². The van der Waals surface area contributed by atoms with Gasteiger partial charge >= 0.3 is 0 Å². The topological polar surface area (TPSA) is 28.2 Å². The summed E-state index contributed by atoms with van der Waals surface area (Å²) < 4.78 is 0. The van der Waals surface area contributed by atoms with Crippen LogP contribution >= 0.6 is 11.3 Å². The molecule has 2 aromatic rings. The second-order valence-electron chi connectivity index (χ2n) is 4.68. The Balaban J connectivity index is 1.65. The van der Waals surface area contributed by atoms with Gasteiger partial charge in [-0.1, -0.05) is 24.3 Å². The molecule has 2 heterocycles. The van der Waals surface area contributed by atoms with Crippen LogP contribution in [0.3, 0.4) is 0 Å². The van der Waals surface area contributed by atoms with Crippen LogP contribution in [0.2, 0.25) is 0 Å². The summed E-state index contributed by atoms with van der Waals surface area (Å²) in [6.45, 7) is 3.92. The number of benzene rings is 1. The molecular weight excluding hydrogens is 242 g/mol. The third kappa shape index (κ3) is 2.46. The van der Waals surface area contributed by atoms with Crippen molar-refractivity contribution in [2.45, 2.75) is 26.2 Å². The molecule has 0 saturated carbocycles. The largest absolute Gasteiger partial charge is 0.314 e. The third-order valence-corrected chi connectivity index (χ3v) is 4.12. The van der Waals surface area contributed by atoms with Gasteiger partial charge in [0.05, 0.1) is 5.69 Å². The summed E-state index contributed by atoms with van der Waals surface area (Å²) in [5, 5.41) is 6.49. The van der Waals surface area contributed by atoms with Gasteiger partial charge in [0, 0.05) is 31.6 Å². The molecule has 0 fully saturated rings. The van der Waals surface area contributed by atoms with Crippen LogP contribution in [0.5, 0.6) is 0 Å². The zero-order chi connectivity index (χ0) is 12.4. The molecule has 0 unspecified atom stereocenters. The van der Waals surface area contributed by atoms with E-state index in [1.54, 1.807) is 11.3 Å². The van der Waals surface area contributed by atoms with E-state index in [2.05, 4.69) is 44.8 Å². The Hall–Kier alpha value is -1.23. The Morgan fingerprint density at radius 1 is 1.28 bits per heavy atom. The Labute approximate surface area is 111 Å². The highest BCUT2D eigenvalue weighted by atomic mass is 32.1. The van der Waals surface area contributed by atoms with Crippen molar-refractivity contribution in [2.24, 2.45) is 0 Å². The SMILES string of the molecule is CNCc1nc(CN2Cc3ccccc3C2)cs1. The highest BCUT2D eigenvalue weighted by Crippen LogP contribution is 2.24. The van der Waals surface area contributed by atoms with Gasteiger partial charge in [0.15, 0.2) is 0 Å². The maximum Gasteiger partial charge on any atom is 0.107 e. The van der Waals surface area contributed by atoms with Crippen molar-refractivity contribution >= 4 is 11.3 Å². The highest BCUT2D eigenvalue weighted by Gasteiger charge is 2.18. The lowest BCUT2D eigenvalue weighted by Crippen LogP contribution is -2.16. The first-order chi connectivity index (χ1) is 8.85. The maximum atomic E-state index is 4.64. The quantitative estimate of drug-likeness (QED) is 0.913. The molecule has 18 heavy (non-hydrogen) atoms. The summed E-state index contributed by atoms with van der Waals surface area (Å²) in [6.07, 6.45) is 0. The molecule has 1 aliphatic heterocycles. The lowest BCUT2D eigenvalue weighted by molar-refractivity contribution is 0.272. The molecule has 1 aliphatic rings. The van der Waals surface area contributed by atoms with E-state index in [1.165, 1.54) is 21.8 Å². The number of nitrogens with one attached hydrogen (secondary N) is 1. The molecule has 1 aromatic carbocycles. The van der Waals surface area contributed by atoms with Gasteiger partial charge in [-0.15, -0.1) is 11.3 Å². The first-order valence-corrected chi connectivity index (χ1v) is 7.10. The van der Waals surface area contributed by atoms with Crippen LogP contribution in [-0.4, -0.2) is 16.9 Å². The first kappa shape index (κ1) is 11.8. The van der Waals surface area contributed by atoms with Crippen LogP contribution in [0.15, 0.2) is 29.6 Å². The second kappa shape index (κ2) is 5.18. The molecule has 0 radical (unpaired) electrons. The molecule has 0 bridgehead atoms. The molecular formula is C14H17N3S. The van der Waals surface area contributed by atoms with E-state index < -0.39 is 0 Å². The standard InChI is InChI=1S/C14H17N3S/c1-15-6-14-16-13(10-18-14)9-17-7-11-4-2-3-5-12(11)8-17/h2-5,10,15H,6-9H2,1H3. The zero-order valence-electron chi connectivity index (χ0n) is 10.5. The van der Waals surface area contributed by atoms with Crippen molar-refractivity contribution in [3.8, 4) is 0 Å². The minimum Gasteiger partial charge on any atom is -0.314 e. The number of hydrogen-bond donors (Lipinski definition) is 1.